The van der Waals surface area contributed by atoms with E-state index in [1.165, 1.54) is 11.1 Å². The van der Waals surface area contributed by atoms with Gasteiger partial charge in [0, 0.05) is 40.0 Å². The molecule has 2 aliphatic rings. The van der Waals surface area contributed by atoms with Crippen molar-refractivity contribution in [2.24, 2.45) is 4.99 Å². The Hall–Kier alpha value is -1.63. The number of guanidine groups is 1. The normalized spacial score (nSPS) is 21.7. The van der Waals surface area contributed by atoms with Crippen LogP contribution in [0, 0.1) is 0 Å². The van der Waals surface area contributed by atoms with E-state index in [-0.39, 0.29) is 0 Å². The molecule has 6 nitrogen and oxygen atoms in total. The van der Waals surface area contributed by atoms with Crippen molar-refractivity contribution in [2.75, 3.05) is 33.4 Å². The Morgan fingerprint density at radius 2 is 2.00 bits per heavy atom. The monoisotopic (exact) mass is 361 g/mol. The minimum Gasteiger partial charge on any atom is -0.381 e. The van der Waals surface area contributed by atoms with Crippen molar-refractivity contribution in [1.82, 2.24) is 10.6 Å². The van der Waals surface area contributed by atoms with E-state index in [9.17, 15) is 0 Å². The average Bonchev–Trinajstić information content (AvgIpc) is 3.21. The van der Waals surface area contributed by atoms with Gasteiger partial charge in [-0.1, -0.05) is 24.3 Å². The highest BCUT2D eigenvalue weighted by Crippen LogP contribution is 2.14. The number of nitrogens with zero attached hydrogens (tertiary/aromatic N) is 1. The van der Waals surface area contributed by atoms with Crippen LogP contribution in [0.3, 0.4) is 0 Å². The maximum Gasteiger partial charge on any atom is 0.191 e. The second-order valence-corrected chi connectivity index (χ2v) is 6.88. The maximum atomic E-state index is 6.02. The van der Waals surface area contributed by atoms with Crippen molar-refractivity contribution in [2.45, 2.75) is 51.0 Å². The third-order valence-corrected chi connectivity index (χ3v) is 4.85. The SMILES string of the molecule is CN=C(NCc1cccc(COC2CCOCC2)c1)NCC1CCCO1. The summed E-state index contributed by atoms with van der Waals surface area (Å²) in [6.45, 7) is 4.69. The fourth-order valence-electron chi connectivity index (χ4n) is 3.31. The van der Waals surface area contributed by atoms with Gasteiger partial charge in [0.25, 0.3) is 0 Å². The first-order chi connectivity index (χ1) is 12.8. The van der Waals surface area contributed by atoms with Gasteiger partial charge in [0.1, 0.15) is 0 Å². The number of rotatable bonds is 7. The molecule has 2 N–H and O–H groups in total. The standard InChI is InChI=1S/C20H31N3O3/c1-21-20(23-14-19-6-3-9-25-19)22-13-16-4-2-5-17(12-16)15-26-18-7-10-24-11-8-18/h2,4-5,12,18-19H,3,6-11,13-15H2,1H3,(H2,21,22,23). The molecule has 26 heavy (non-hydrogen) atoms. The van der Waals surface area contributed by atoms with E-state index in [1.54, 1.807) is 7.05 Å². The number of benzene rings is 1. The summed E-state index contributed by atoms with van der Waals surface area (Å²) in [7, 11) is 1.79. The Kier molecular flexibility index (Phi) is 7.73. The number of nitrogens with one attached hydrogen (secondary N) is 2. The summed E-state index contributed by atoms with van der Waals surface area (Å²) in [5.74, 6) is 0.810. The van der Waals surface area contributed by atoms with Crippen molar-refractivity contribution in [3.8, 4) is 0 Å². The predicted molar refractivity (Wildman–Crippen MR) is 102 cm³/mol. The van der Waals surface area contributed by atoms with Crippen LogP contribution in [0.4, 0.5) is 0 Å². The van der Waals surface area contributed by atoms with E-state index in [1.807, 2.05) is 0 Å². The smallest absolute Gasteiger partial charge is 0.191 e. The van der Waals surface area contributed by atoms with E-state index < -0.39 is 0 Å². The first kappa shape index (κ1) is 19.1. The molecule has 0 saturated carbocycles. The van der Waals surface area contributed by atoms with Crippen LogP contribution in [0.5, 0.6) is 0 Å². The zero-order valence-electron chi connectivity index (χ0n) is 15.7. The second kappa shape index (κ2) is 10.5. The molecule has 0 aromatic heterocycles. The molecular weight excluding hydrogens is 330 g/mol. The van der Waals surface area contributed by atoms with E-state index >= 15 is 0 Å². The van der Waals surface area contributed by atoms with Gasteiger partial charge in [0.15, 0.2) is 5.96 Å². The molecule has 1 atom stereocenters. The van der Waals surface area contributed by atoms with Gasteiger partial charge in [0.05, 0.1) is 18.8 Å². The molecule has 0 amide bonds. The lowest BCUT2D eigenvalue weighted by atomic mass is 10.1. The zero-order valence-corrected chi connectivity index (χ0v) is 15.7. The van der Waals surface area contributed by atoms with Crippen molar-refractivity contribution < 1.29 is 14.2 Å². The first-order valence-corrected chi connectivity index (χ1v) is 9.67. The minimum absolute atomic E-state index is 0.305. The van der Waals surface area contributed by atoms with Gasteiger partial charge < -0.3 is 24.8 Å². The molecule has 2 saturated heterocycles. The molecule has 1 aromatic carbocycles. The summed E-state index contributed by atoms with van der Waals surface area (Å²) in [6.07, 6.45) is 4.90. The highest BCUT2D eigenvalue weighted by atomic mass is 16.5. The van der Waals surface area contributed by atoms with E-state index in [0.717, 1.165) is 64.6 Å². The largest absolute Gasteiger partial charge is 0.381 e. The number of aliphatic imine (C=N–C) groups is 1. The van der Waals surface area contributed by atoms with Crippen LogP contribution in [0.25, 0.3) is 0 Å². The Morgan fingerprint density at radius 3 is 2.77 bits per heavy atom. The Morgan fingerprint density at radius 1 is 1.15 bits per heavy atom. The van der Waals surface area contributed by atoms with Gasteiger partial charge in [-0.3, -0.25) is 4.99 Å². The topological polar surface area (TPSA) is 64.1 Å². The molecule has 0 aliphatic carbocycles. The van der Waals surface area contributed by atoms with Crippen LogP contribution in [0.2, 0.25) is 0 Å². The van der Waals surface area contributed by atoms with Crippen LogP contribution in [0.15, 0.2) is 29.3 Å². The highest BCUT2D eigenvalue weighted by molar-refractivity contribution is 5.79. The van der Waals surface area contributed by atoms with Gasteiger partial charge in [-0.2, -0.15) is 0 Å². The predicted octanol–water partition coefficient (Wildman–Crippen LogP) is 2.23. The number of ether oxygens (including phenoxy) is 3. The fourth-order valence-corrected chi connectivity index (χ4v) is 3.31. The van der Waals surface area contributed by atoms with Crippen LogP contribution in [-0.4, -0.2) is 51.6 Å². The summed E-state index contributed by atoms with van der Waals surface area (Å²) in [4.78, 5) is 4.29. The third-order valence-electron chi connectivity index (χ3n) is 4.85. The van der Waals surface area contributed by atoms with Gasteiger partial charge in [-0.15, -0.1) is 0 Å². The summed E-state index contributed by atoms with van der Waals surface area (Å²) < 4.78 is 17.0. The molecule has 1 aromatic rings. The maximum absolute atomic E-state index is 6.02. The lowest BCUT2D eigenvalue weighted by Crippen LogP contribution is -2.40. The van der Waals surface area contributed by atoms with Gasteiger partial charge in [-0.25, -0.2) is 0 Å². The van der Waals surface area contributed by atoms with Crippen LogP contribution in [0.1, 0.15) is 36.8 Å². The van der Waals surface area contributed by atoms with Crippen molar-refractivity contribution in [3.63, 3.8) is 0 Å². The van der Waals surface area contributed by atoms with E-state index in [2.05, 4.69) is 39.9 Å². The van der Waals surface area contributed by atoms with Crippen LogP contribution in [-0.2, 0) is 27.4 Å². The van der Waals surface area contributed by atoms with Gasteiger partial charge in [-0.05, 0) is 36.8 Å². The molecule has 2 aliphatic heterocycles. The Labute approximate surface area is 156 Å². The summed E-state index contributed by atoms with van der Waals surface area (Å²) in [5.41, 5.74) is 2.43. The molecule has 6 heteroatoms. The first-order valence-electron chi connectivity index (χ1n) is 9.67. The lowest BCUT2D eigenvalue weighted by molar-refractivity contribution is -0.0390. The molecule has 0 spiro atoms. The third kappa shape index (κ3) is 6.27. The Bertz CT molecular complexity index is 567. The van der Waals surface area contributed by atoms with Gasteiger partial charge in [0.2, 0.25) is 0 Å². The molecular formula is C20H31N3O3. The molecule has 0 radical (unpaired) electrons. The van der Waals surface area contributed by atoms with Crippen molar-refractivity contribution >= 4 is 5.96 Å². The molecule has 2 fully saturated rings. The van der Waals surface area contributed by atoms with Crippen molar-refractivity contribution in [1.29, 1.82) is 0 Å². The van der Waals surface area contributed by atoms with E-state index in [0.29, 0.717) is 18.8 Å². The molecule has 0 bridgehead atoms. The zero-order chi connectivity index (χ0) is 18.0. The summed E-state index contributed by atoms with van der Waals surface area (Å²) >= 11 is 0. The summed E-state index contributed by atoms with van der Waals surface area (Å²) in [6, 6.07) is 8.52. The molecule has 2 heterocycles. The summed E-state index contributed by atoms with van der Waals surface area (Å²) in [5, 5.41) is 6.71. The fraction of sp³-hybridized carbons (Fsp3) is 0.650. The quantitative estimate of drug-likeness (QED) is 0.576. The van der Waals surface area contributed by atoms with Crippen LogP contribution < -0.4 is 10.6 Å². The number of hydrogen-bond acceptors (Lipinski definition) is 4. The van der Waals surface area contributed by atoms with Crippen molar-refractivity contribution in [3.05, 3.63) is 35.4 Å². The average molecular weight is 361 g/mol. The molecule has 3 rings (SSSR count). The van der Waals surface area contributed by atoms with E-state index in [4.69, 9.17) is 14.2 Å². The Balaban J connectivity index is 1.41. The van der Waals surface area contributed by atoms with Gasteiger partial charge >= 0.3 is 0 Å². The lowest BCUT2D eigenvalue weighted by Gasteiger charge is -2.22. The molecule has 144 valence electrons. The highest BCUT2D eigenvalue weighted by Gasteiger charge is 2.16. The molecule has 1 unspecified atom stereocenters. The number of hydrogen-bond donors (Lipinski definition) is 2. The second-order valence-electron chi connectivity index (χ2n) is 6.88. The minimum atomic E-state index is 0.305. The van der Waals surface area contributed by atoms with Crippen LogP contribution >= 0.6 is 0 Å².